The summed E-state index contributed by atoms with van der Waals surface area (Å²) < 4.78 is 10.8. The molecule has 0 aromatic carbocycles. The van der Waals surface area contributed by atoms with Crippen LogP contribution >= 0.6 is 0 Å². The molecule has 0 amide bonds. The number of hydrogen-bond acceptors (Lipinski definition) is 4. The molecule has 0 aliphatic rings. The van der Waals surface area contributed by atoms with E-state index in [2.05, 4.69) is 17.2 Å². The van der Waals surface area contributed by atoms with Gasteiger partial charge in [-0.15, -0.1) is 0 Å². The van der Waals surface area contributed by atoms with E-state index in [1.54, 1.807) is 12.5 Å². The lowest BCUT2D eigenvalue weighted by Gasteiger charge is -2.16. The summed E-state index contributed by atoms with van der Waals surface area (Å²) in [5, 5.41) is 3.43. The van der Waals surface area contributed by atoms with Crippen LogP contribution in [-0.4, -0.2) is 17.6 Å². The van der Waals surface area contributed by atoms with Gasteiger partial charge in [0.15, 0.2) is 0 Å². The van der Waals surface area contributed by atoms with Crippen molar-refractivity contribution >= 4 is 5.69 Å². The fraction of sp³-hybridized carbons (Fsp3) is 0.400. The Balaban J connectivity index is 1.89. The molecule has 102 valence electrons. The first-order valence-corrected chi connectivity index (χ1v) is 6.66. The van der Waals surface area contributed by atoms with Gasteiger partial charge in [0.2, 0.25) is 5.88 Å². The monoisotopic (exact) mass is 260 g/mol. The van der Waals surface area contributed by atoms with E-state index in [4.69, 9.17) is 9.15 Å². The van der Waals surface area contributed by atoms with Crippen LogP contribution in [-0.2, 0) is 6.42 Å². The molecule has 4 nitrogen and oxygen atoms in total. The minimum Gasteiger partial charge on any atom is -0.476 e. The van der Waals surface area contributed by atoms with E-state index in [1.165, 1.54) is 0 Å². The average molecular weight is 260 g/mol. The highest BCUT2D eigenvalue weighted by molar-refractivity contribution is 5.52. The molecule has 0 spiro atoms. The zero-order chi connectivity index (χ0) is 13.5. The van der Waals surface area contributed by atoms with Gasteiger partial charge in [-0.3, -0.25) is 0 Å². The summed E-state index contributed by atoms with van der Waals surface area (Å²) in [6.07, 6.45) is 5.37. The Morgan fingerprint density at radius 2 is 2.26 bits per heavy atom. The molecule has 2 aromatic heterocycles. The van der Waals surface area contributed by atoms with E-state index in [9.17, 15) is 0 Å². The normalized spacial score (nSPS) is 12.1. The maximum Gasteiger partial charge on any atom is 0.237 e. The van der Waals surface area contributed by atoms with Crippen LogP contribution in [0.25, 0.3) is 0 Å². The number of hydrogen-bond donors (Lipinski definition) is 1. The third-order valence-electron chi connectivity index (χ3n) is 2.86. The standard InChI is InChI=1S/C15H20N2O2/c1-3-18-15-14(7-4-10-16-15)17-12(2)8-9-13-6-5-11-19-13/h4-7,10-12,17H,3,8-9H2,1-2H3. The second-order valence-corrected chi connectivity index (χ2v) is 4.45. The third-order valence-corrected chi connectivity index (χ3v) is 2.86. The van der Waals surface area contributed by atoms with Gasteiger partial charge >= 0.3 is 0 Å². The number of aromatic nitrogens is 1. The van der Waals surface area contributed by atoms with E-state index in [0.29, 0.717) is 18.5 Å². The Morgan fingerprint density at radius 3 is 3.00 bits per heavy atom. The fourth-order valence-corrected chi connectivity index (χ4v) is 1.90. The molecular weight excluding hydrogens is 240 g/mol. The smallest absolute Gasteiger partial charge is 0.237 e. The first kappa shape index (κ1) is 13.5. The lowest BCUT2D eigenvalue weighted by molar-refractivity contribution is 0.328. The molecule has 0 aliphatic heterocycles. The third kappa shape index (κ3) is 4.02. The minimum absolute atomic E-state index is 0.327. The van der Waals surface area contributed by atoms with Gasteiger partial charge in [0.05, 0.1) is 18.6 Å². The summed E-state index contributed by atoms with van der Waals surface area (Å²) in [6, 6.07) is 8.14. The number of anilines is 1. The molecule has 1 unspecified atom stereocenters. The van der Waals surface area contributed by atoms with Crippen LogP contribution in [0.15, 0.2) is 41.1 Å². The van der Waals surface area contributed by atoms with E-state index in [1.807, 2.05) is 31.2 Å². The maximum absolute atomic E-state index is 5.50. The largest absolute Gasteiger partial charge is 0.476 e. The summed E-state index contributed by atoms with van der Waals surface area (Å²) in [4.78, 5) is 4.23. The Kier molecular flexibility index (Phi) is 4.84. The average Bonchev–Trinajstić information content (AvgIpc) is 2.92. The number of furan rings is 1. The minimum atomic E-state index is 0.327. The Morgan fingerprint density at radius 1 is 1.37 bits per heavy atom. The lowest BCUT2D eigenvalue weighted by Crippen LogP contribution is -2.17. The predicted molar refractivity (Wildman–Crippen MR) is 75.5 cm³/mol. The number of pyridine rings is 1. The van der Waals surface area contributed by atoms with Crippen molar-refractivity contribution in [1.29, 1.82) is 0 Å². The molecule has 0 aliphatic carbocycles. The number of nitrogens with zero attached hydrogens (tertiary/aromatic N) is 1. The van der Waals surface area contributed by atoms with E-state index < -0.39 is 0 Å². The molecule has 2 heterocycles. The van der Waals surface area contributed by atoms with E-state index in [-0.39, 0.29) is 0 Å². The van der Waals surface area contributed by atoms with Gasteiger partial charge in [-0.25, -0.2) is 4.98 Å². The molecule has 0 saturated carbocycles. The molecule has 1 N–H and O–H groups in total. The zero-order valence-electron chi connectivity index (χ0n) is 11.4. The molecule has 1 atom stereocenters. The van der Waals surface area contributed by atoms with Gasteiger partial charge in [0, 0.05) is 18.7 Å². The van der Waals surface area contributed by atoms with Crippen molar-refractivity contribution in [3.05, 3.63) is 42.5 Å². The fourth-order valence-electron chi connectivity index (χ4n) is 1.90. The highest BCUT2D eigenvalue weighted by atomic mass is 16.5. The van der Waals surface area contributed by atoms with Crippen LogP contribution in [0.1, 0.15) is 26.0 Å². The van der Waals surface area contributed by atoms with Crippen LogP contribution in [0.2, 0.25) is 0 Å². The number of nitrogens with one attached hydrogen (secondary N) is 1. The van der Waals surface area contributed by atoms with Crippen molar-refractivity contribution in [2.45, 2.75) is 32.7 Å². The Hall–Kier alpha value is -1.97. The molecule has 0 bridgehead atoms. The number of aryl methyl sites for hydroxylation is 1. The number of rotatable bonds is 7. The second kappa shape index (κ2) is 6.83. The van der Waals surface area contributed by atoms with Gasteiger partial charge in [-0.1, -0.05) is 0 Å². The van der Waals surface area contributed by atoms with Crippen LogP contribution in [0.4, 0.5) is 5.69 Å². The second-order valence-electron chi connectivity index (χ2n) is 4.45. The van der Waals surface area contributed by atoms with Gasteiger partial charge in [0.25, 0.3) is 0 Å². The van der Waals surface area contributed by atoms with Gasteiger partial charge < -0.3 is 14.5 Å². The summed E-state index contributed by atoms with van der Waals surface area (Å²) in [5.41, 5.74) is 0.941. The van der Waals surface area contributed by atoms with E-state index in [0.717, 1.165) is 24.3 Å². The molecule has 2 rings (SSSR count). The molecule has 19 heavy (non-hydrogen) atoms. The zero-order valence-corrected chi connectivity index (χ0v) is 11.4. The molecule has 2 aromatic rings. The van der Waals surface area contributed by atoms with Crippen LogP contribution in [0.3, 0.4) is 0 Å². The summed E-state index contributed by atoms with van der Waals surface area (Å²) in [5.74, 6) is 1.68. The first-order valence-electron chi connectivity index (χ1n) is 6.66. The van der Waals surface area contributed by atoms with Crippen molar-refractivity contribution < 1.29 is 9.15 Å². The summed E-state index contributed by atoms with van der Waals surface area (Å²) in [6.45, 7) is 4.72. The van der Waals surface area contributed by atoms with Crippen molar-refractivity contribution in [3.8, 4) is 5.88 Å². The van der Waals surface area contributed by atoms with E-state index >= 15 is 0 Å². The van der Waals surface area contributed by atoms with Gasteiger partial charge in [-0.05, 0) is 44.5 Å². The van der Waals surface area contributed by atoms with Crippen LogP contribution in [0, 0.1) is 0 Å². The molecule has 0 saturated heterocycles. The Bertz CT molecular complexity index is 483. The highest BCUT2D eigenvalue weighted by Gasteiger charge is 2.08. The molecule has 0 fully saturated rings. The molecule has 4 heteroatoms. The van der Waals surface area contributed by atoms with Crippen molar-refractivity contribution in [2.75, 3.05) is 11.9 Å². The van der Waals surface area contributed by atoms with Crippen molar-refractivity contribution in [3.63, 3.8) is 0 Å². The van der Waals surface area contributed by atoms with Crippen molar-refractivity contribution in [2.24, 2.45) is 0 Å². The number of ether oxygens (including phenoxy) is 1. The van der Waals surface area contributed by atoms with Crippen LogP contribution in [0.5, 0.6) is 5.88 Å². The van der Waals surface area contributed by atoms with Gasteiger partial charge in [0.1, 0.15) is 5.76 Å². The Labute approximate surface area is 113 Å². The topological polar surface area (TPSA) is 47.3 Å². The molecule has 0 radical (unpaired) electrons. The highest BCUT2D eigenvalue weighted by Crippen LogP contribution is 2.22. The summed E-state index contributed by atoms with van der Waals surface area (Å²) in [7, 11) is 0. The first-order chi connectivity index (χ1) is 9.29. The predicted octanol–water partition coefficient (Wildman–Crippen LogP) is 3.51. The summed E-state index contributed by atoms with van der Waals surface area (Å²) >= 11 is 0. The molecular formula is C15H20N2O2. The maximum atomic E-state index is 5.50. The van der Waals surface area contributed by atoms with Crippen molar-refractivity contribution in [1.82, 2.24) is 4.98 Å². The SMILES string of the molecule is CCOc1ncccc1NC(C)CCc1ccco1. The quantitative estimate of drug-likeness (QED) is 0.827. The van der Waals surface area contributed by atoms with Gasteiger partial charge in [-0.2, -0.15) is 0 Å². The lowest BCUT2D eigenvalue weighted by atomic mass is 10.1. The van der Waals surface area contributed by atoms with Crippen LogP contribution < -0.4 is 10.1 Å².